The first-order valence-electron chi connectivity index (χ1n) is 8.80. The first-order chi connectivity index (χ1) is 11.3. The number of amides is 1. The molecule has 0 aromatic rings. The summed E-state index contributed by atoms with van der Waals surface area (Å²) in [6, 6.07) is 0.422. The number of guanidine groups is 1. The summed E-state index contributed by atoms with van der Waals surface area (Å²) < 4.78 is 0.151. The van der Waals surface area contributed by atoms with E-state index in [4.69, 9.17) is 4.99 Å². The first kappa shape index (κ1) is 21.1. The van der Waals surface area contributed by atoms with Crippen molar-refractivity contribution in [1.82, 2.24) is 20.4 Å². The molecule has 2 N–H and O–H groups in total. The van der Waals surface area contributed by atoms with Crippen molar-refractivity contribution >= 4 is 23.6 Å². The van der Waals surface area contributed by atoms with Crippen LogP contribution < -0.4 is 10.6 Å². The summed E-state index contributed by atoms with van der Waals surface area (Å²) in [7, 11) is 3.62. The van der Waals surface area contributed by atoms with Crippen molar-refractivity contribution in [2.45, 2.75) is 44.4 Å². The highest BCUT2D eigenvalue weighted by molar-refractivity contribution is 7.99. The highest BCUT2D eigenvalue weighted by atomic mass is 32.2. The van der Waals surface area contributed by atoms with E-state index in [1.165, 1.54) is 0 Å². The fourth-order valence-electron chi connectivity index (χ4n) is 2.42. The fourth-order valence-corrected chi connectivity index (χ4v) is 2.61. The SMILES string of the molecule is CCNC(=NCC(C)(C)SC)NC1CCN(CC(=O)N(C)C)CC1. The molecule has 1 fully saturated rings. The van der Waals surface area contributed by atoms with E-state index in [9.17, 15) is 4.79 Å². The van der Waals surface area contributed by atoms with E-state index >= 15 is 0 Å². The lowest BCUT2D eigenvalue weighted by molar-refractivity contribution is -0.130. The standard InChI is InChI=1S/C17H35N5OS/c1-7-18-16(19-13-17(2,3)24-6)20-14-8-10-22(11-9-14)12-15(23)21(4)5/h14H,7-13H2,1-6H3,(H2,18,19,20). The quantitative estimate of drug-likeness (QED) is 0.530. The van der Waals surface area contributed by atoms with Crippen molar-refractivity contribution in [3.63, 3.8) is 0 Å². The van der Waals surface area contributed by atoms with Gasteiger partial charge in [-0.05, 0) is 39.9 Å². The number of hydrogen-bond acceptors (Lipinski definition) is 4. The molecule has 0 aliphatic carbocycles. The van der Waals surface area contributed by atoms with Gasteiger partial charge in [0.2, 0.25) is 5.91 Å². The molecule has 0 radical (unpaired) electrons. The van der Waals surface area contributed by atoms with Crippen molar-refractivity contribution in [2.24, 2.45) is 4.99 Å². The zero-order valence-corrected chi connectivity index (χ0v) is 17.0. The molecule has 0 atom stereocenters. The summed E-state index contributed by atoms with van der Waals surface area (Å²) in [5.41, 5.74) is 0. The Bertz CT molecular complexity index is 417. The average Bonchev–Trinajstić information content (AvgIpc) is 2.54. The highest BCUT2D eigenvalue weighted by Gasteiger charge is 2.22. The number of carbonyl (C=O) groups excluding carboxylic acids is 1. The lowest BCUT2D eigenvalue weighted by Gasteiger charge is -2.33. The molecule has 140 valence electrons. The molecule has 1 rings (SSSR count). The van der Waals surface area contributed by atoms with Crippen LogP contribution in [0.2, 0.25) is 0 Å². The normalized spacial score (nSPS) is 17.7. The second-order valence-electron chi connectivity index (χ2n) is 7.14. The van der Waals surface area contributed by atoms with Gasteiger partial charge in [0.05, 0.1) is 13.1 Å². The maximum absolute atomic E-state index is 11.8. The van der Waals surface area contributed by atoms with Gasteiger partial charge in [-0.25, -0.2) is 0 Å². The molecule has 0 saturated carbocycles. The molecule has 1 heterocycles. The zero-order chi connectivity index (χ0) is 18.2. The van der Waals surface area contributed by atoms with Crippen molar-refractivity contribution in [2.75, 3.05) is 53.1 Å². The Balaban J connectivity index is 2.47. The molecule has 1 aliphatic heterocycles. The molecular formula is C17H35N5OS. The first-order valence-corrected chi connectivity index (χ1v) is 10.0. The maximum atomic E-state index is 11.8. The number of hydrogen-bond donors (Lipinski definition) is 2. The summed E-state index contributed by atoms with van der Waals surface area (Å²) in [5, 5.41) is 6.90. The van der Waals surface area contributed by atoms with Crippen LogP contribution in [-0.2, 0) is 4.79 Å². The largest absolute Gasteiger partial charge is 0.357 e. The minimum atomic E-state index is 0.151. The number of nitrogens with zero attached hydrogens (tertiary/aromatic N) is 3. The van der Waals surface area contributed by atoms with Crippen molar-refractivity contribution in [3.05, 3.63) is 0 Å². The molecule has 0 aromatic heterocycles. The van der Waals surface area contributed by atoms with Gasteiger partial charge >= 0.3 is 0 Å². The van der Waals surface area contributed by atoms with E-state index in [1.807, 2.05) is 25.9 Å². The third-order valence-electron chi connectivity index (χ3n) is 4.30. The van der Waals surface area contributed by atoms with Crippen molar-refractivity contribution in [3.8, 4) is 0 Å². The summed E-state index contributed by atoms with van der Waals surface area (Å²) in [6.45, 7) is 10.6. The van der Waals surface area contributed by atoms with Crippen LogP contribution in [0, 0.1) is 0 Å². The van der Waals surface area contributed by atoms with Gasteiger partial charge in [-0.2, -0.15) is 11.8 Å². The topological polar surface area (TPSA) is 60.0 Å². The van der Waals surface area contributed by atoms with E-state index in [1.54, 1.807) is 4.90 Å². The second kappa shape index (κ2) is 10.1. The van der Waals surface area contributed by atoms with E-state index < -0.39 is 0 Å². The molecule has 6 nitrogen and oxygen atoms in total. The van der Waals surface area contributed by atoms with Crippen molar-refractivity contribution < 1.29 is 4.79 Å². The van der Waals surface area contributed by atoms with Crippen LogP contribution in [0.15, 0.2) is 4.99 Å². The molecular weight excluding hydrogens is 322 g/mol. The maximum Gasteiger partial charge on any atom is 0.236 e. The Morgan fingerprint density at radius 2 is 1.96 bits per heavy atom. The van der Waals surface area contributed by atoms with Gasteiger partial charge < -0.3 is 15.5 Å². The molecule has 0 bridgehead atoms. The number of rotatable bonds is 7. The fraction of sp³-hybridized carbons (Fsp3) is 0.882. The Kier molecular flexibility index (Phi) is 8.91. The van der Waals surface area contributed by atoms with Crippen LogP contribution in [0.25, 0.3) is 0 Å². The van der Waals surface area contributed by atoms with E-state index in [-0.39, 0.29) is 10.7 Å². The van der Waals surface area contributed by atoms with Gasteiger partial charge in [0.25, 0.3) is 0 Å². The highest BCUT2D eigenvalue weighted by Crippen LogP contribution is 2.21. The van der Waals surface area contributed by atoms with E-state index in [0.29, 0.717) is 12.6 Å². The number of likely N-dealkylation sites (N-methyl/N-ethyl adjacent to an activating group) is 1. The monoisotopic (exact) mass is 357 g/mol. The summed E-state index contributed by atoms with van der Waals surface area (Å²) >= 11 is 1.84. The number of aliphatic imine (C=N–C) groups is 1. The summed E-state index contributed by atoms with van der Waals surface area (Å²) in [5.74, 6) is 1.08. The number of piperidine rings is 1. The van der Waals surface area contributed by atoms with Gasteiger partial charge in [0.15, 0.2) is 5.96 Å². The van der Waals surface area contributed by atoms with Gasteiger partial charge in [-0.15, -0.1) is 0 Å². The number of thioether (sulfide) groups is 1. The predicted octanol–water partition coefficient (Wildman–Crippen LogP) is 1.24. The van der Waals surface area contributed by atoms with Crippen LogP contribution >= 0.6 is 11.8 Å². The van der Waals surface area contributed by atoms with Gasteiger partial charge in [-0.3, -0.25) is 14.7 Å². The van der Waals surface area contributed by atoms with E-state index in [0.717, 1.165) is 45.0 Å². The Hall–Kier alpha value is -0.950. The number of likely N-dealkylation sites (tertiary alicyclic amines) is 1. The zero-order valence-electron chi connectivity index (χ0n) is 16.2. The molecule has 1 aliphatic rings. The van der Waals surface area contributed by atoms with E-state index in [2.05, 4.69) is 42.6 Å². The van der Waals surface area contributed by atoms with Gasteiger partial charge in [-0.1, -0.05) is 0 Å². The molecule has 1 amide bonds. The summed E-state index contributed by atoms with van der Waals surface area (Å²) in [6.07, 6.45) is 4.20. The Morgan fingerprint density at radius 3 is 2.46 bits per heavy atom. The third-order valence-corrected chi connectivity index (χ3v) is 5.54. The van der Waals surface area contributed by atoms with Crippen LogP contribution in [0.1, 0.15) is 33.6 Å². The van der Waals surface area contributed by atoms with Gasteiger partial charge in [0, 0.05) is 44.5 Å². The minimum Gasteiger partial charge on any atom is -0.357 e. The molecule has 24 heavy (non-hydrogen) atoms. The predicted molar refractivity (Wildman–Crippen MR) is 105 cm³/mol. The lowest BCUT2D eigenvalue weighted by atomic mass is 10.1. The molecule has 1 saturated heterocycles. The van der Waals surface area contributed by atoms with Crippen LogP contribution in [0.3, 0.4) is 0 Å². The average molecular weight is 358 g/mol. The minimum absolute atomic E-state index is 0.151. The van der Waals surface area contributed by atoms with Crippen LogP contribution in [0.5, 0.6) is 0 Å². The lowest BCUT2D eigenvalue weighted by Crippen LogP contribution is -2.50. The molecule has 0 unspecified atom stereocenters. The molecule has 7 heteroatoms. The second-order valence-corrected chi connectivity index (χ2v) is 8.66. The number of nitrogens with one attached hydrogen (secondary N) is 2. The Morgan fingerprint density at radius 1 is 1.33 bits per heavy atom. The van der Waals surface area contributed by atoms with Crippen molar-refractivity contribution in [1.29, 1.82) is 0 Å². The van der Waals surface area contributed by atoms with Crippen LogP contribution in [0.4, 0.5) is 0 Å². The summed E-state index contributed by atoms with van der Waals surface area (Å²) in [4.78, 5) is 20.4. The molecule has 0 spiro atoms. The van der Waals surface area contributed by atoms with Gasteiger partial charge in [0.1, 0.15) is 0 Å². The smallest absolute Gasteiger partial charge is 0.236 e. The Labute approximate surface area is 151 Å². The third kappa shape index (κ3) is 7.75. The van der Waals surface area contributed by atoms with Crippen LogP contribution in [-0.4, -0.2) is 85.5 Å². The molecule has 0 aromatic carbocycles. The number of carbonyl (C=O) groups is 1.